The fourth-order valence-electron chi connectivity index (χ4n) is 2.64. The van der Waals surface area contributed by atoms with Crippen LogP contribution < -0.4 is 10.1 Å². The van der Waals surface area contributed by atoms with E-state index < -0.39 is 10.0 Å². The van der Waals surface area contributed by atoms with Gasteiger partial charge in [0.2, 0.25) is 15.9 Å². The lowest BCUT2D eigenvalue weighted by atomic mass is 10.2. The molecule has 7 nitrogen and oxygen atoms in total. The van der Waals surface area contributed by atoms with Crippen LogP contribution in [0, 0.1) is 6.92 Å². The first-order valence-corrected chi connectivity index (χ1v) is 9.25. The standard InChI is InChI=1S/C17H19N3O4S/c1-12-8-14(19-13(2)21)5-6-17(12)25(22,23)20-10-16(11-20)24-15-4-3-7-18-9-15/h3-9,16H,10-11H2,1-2H3,(H,19,21). The largest absolute Gasteiger partial charge is 0.486 e. The third-order valence-electron chi connectivity index (χ3n) is 3.86. The van der Waals surface area contributed by atoms with E-state index in [1.807, 2.05) is 0 Å². The summed E-state index contributed by atoms with van der Waals surface area (Å²) >= 11 is 0. The van der Waals surface area contributed by atoms with Gasteiger partial charge in [0, 0.05) is 18.8 Å². The fourth-order valence-corrected chi connectivity index (χ4v) is 4.35. The van der Waals surface area contributed by atoms with E-state index in [1.165, 1.54) is 17.3 Å². The number of carbonyl (C=O) groups is 1. The lowest BCUT2D eigenvalue weighted by Crippen LogP contribution is -2.56. The van der Waals surface area contributed by atoms with Gasteiger partial charge in [-0.25, -0.2) is 8.42 Å². The summed E-state index contributed by atoms with van der Waals surface area (Å²) in [5.74, 6) is 0.425. The number of amides is 1. The maximum absolute atomic E-state index is 12.7. The van der Waals surface area contributed by atoms with E-state index in [0.29, 0.717) is 30.1 Å². The van der Waals surface area contributed by atoms with E-state index >= 15 is 0 Å². The summed E-state index contributed by atoms with van der Waals surface area (Å²) in [7, 11) is -3.58. The molecule has 2 heterocycles. The number of anilines is 1. The lowest BCUT2D eigenvalue weighted by molar-refractivity contribution is -0.114. The number of nitrogens with zero attached hydrogens (tertiary/aromatic N) is 2. The molecule has 0 atom stereocenters. The summed E-state index contributed by atoms with van der Waals surface area (Å²) in [6, 6.07) is 8.31. The predicted octanol–water partition coefficient (Wildman–Crippen LogP) is 1.80. The molecule has 1 aromatic heterocycles. The van der Waals surface area contributed by atoms with Gasteiger partial charge < -0.3 is 10.1 Å². The fraction of sp³-hybridized carbons (Fsp3) is 0.294. The SMILES string of the molecule is CC(=O)Nc1ccc(S(=O)(=O)N2CC(Oc3cccnc3)C2)c(C)c1. The topological polar surface area (TPSA) is 88.6 Å². The average molecular weight is 361 g/mol. The van der Waals surface area contributed by atoms with Crippen LogP contribution in [0.25, 0.3) is 0 Å². The van der Waals surface area contributed by atoms with Crippen LogP contribution in [0.5, 0.6) is 5.75 Å². The van der Waals surface area contributed by atoms with Crippen molar-refractivity contribution in [3.05, 3.63) is 48.3 Å². The maximum Gasteiger partial charge on any atom is 0.243 e. The minimum Gasteiger partial charge on any atom is -0.486 e. The van der Waals surface area contributed by atoms with E-state index in [2.05, 4.69) is 10.3 Å². The van der Waals surface area contributed by atoms with Crippen LogP contribution in [-0.4, -0.2) is 42.8 Å². The van der Waals surface area contributed by atoms with E-state index in [9.17, 15) is 13.2 Å². The van der Waals surface area contributed by atoms with E-state index in [4.69, 9.17) is 4.74 Å². The Morgan fingerprint density at radius 3 is 2.68 bits per heavy atom. The molecule has 0 radical (unpaired) electrons. The van der Waals surface area contributed by atoms with Crippen LogP contribution in [0.3, 0.4) is 0 Å². The van der Waals surface area contributed by atoms with Crippen molar-refractivity contribution in [2.75, 3.05) is 18.4 Å². The normalized spacial score (nSPS) is 15.4. The third-order valence-corrected chi connectivity index (χ3v) is 5.86. The highest BCUT2D eigenvalue weighted by Gasteiger charge is 2.38. The molecule has 1 amide bonds. The minimum absolute atomic E-state index is 0.182. The molecule has 0 bridgehead atoms. The van der Waals surface area contributed by atoms with Crippen molar-refractivity contribution in [2.24, 2.45) is 0 Å². The Balaban J connectivity index is 1.68. The summed E-state index contributed by atoms with van der Waals surface area (Å²) in [4.78, 5) is 15.3. The van der Waals surface area contributed by atoms with Crippen molar-refractivity contribution in [1.82, 2.24) is 9.29 Å². The zero-order valence-electron chi connectivity index (χ0n) is 14.0. The minimum atomic E-state index is -3.58. The van der Waals surface area contributed by atoms with Gasteiger partial charge in [-0.2, -0.15) is 4.31 Å². The Morgan fingerprint density at radius 1 is 1.32 bits per heavy atom. The van der Waals surface area contributed by atoms with Gasteiger partial charge in [-0.3, -0.25) is 9.78 Å². The van der Waals surface area contributed by atoms with Crippen molar-refractivity contribution in [3.8, 4) is 5.75 Å². The first-order valence-electron chi connectivity index (χ1n) is 7.81. The predicted molar refractivity (Wildman–Crippen MR) is 92.9 cm³/mol. The lowest BCUT2D eigenvalue weighted by Gasteiger charge is -2.38. The van der Waals surface area contributed by atoms with Gasteiger partial charge in [-0.15, -0.1) is 0 Å². The molecule has 0 unspecified atom stereocenters. The second-order valence-electron chi connectivity index (χ2n) is 5.91. The van der Waals surface area contributed by atoms with Gasteiger partial charge in [0.1, 0.15) is 11.9 Å². The van der Waals surface area contributed by atoms with Gasteiger partial charge in [0.15, 0.2) is 0 Å². The Bertz CT molecular complexity index is 878. The Hall–Kier alpha value is -2.45. The van der Waals surface area contributed by atoms with Gasteiger partial charge in [-0.05, 0) is 42.8 Å². The highest BCUT2D eigenvalue weighted by Crippen LogP contribution is 2.27. The molecule has 25 heavy (non-hydrogen) atoms. The number of rotatable bonds is 5. The summed E-state index contributed by atoms with van der Waals surface area (Å²) in [6.45, 7) is 3.71. The molecule has 3 rings (SSSR count). The molecule has 1 N–H and O–H groups in total. The zero-order valence-corrected chi connectivity index (χ0v) is 14.8. The van der Waals surface area contributed by atoms with Crippen molar-refractivity contribution < 1.29 is 17.9 Å². The molecular weight excluding hydrogens is 342 g/mol. The average Bonchev–Trinajstić information content (AvgIpc) is 2.50. The monoisotopic (exact) mass is 361 g/mol. The Kier molecular flexibility index (Phi) is 4.73. The Labute approximate surface area is 146 Å². The quantitative estimate of drug-likeness (QED) is 0.877. The maximum atomic E-state index is 12.7. The zero-order chi connectivity index (χ0) is 18.0. The first-order chi connectivity index (χ1) is 11.9. The van der Waals surface area contributed by atoms with Crippen LogP contribution in [-0.2, 0) is 14.8 Å². The molecule has 2 aromatic rings. The van der Waals surface area contributed by atoms with Crippen LogP contribution >= 0.6 is 0 Å². The molecule has 1 aromatic carbocycles. The highest BCUT2D eigenvalue weighted by atomic mass is 32.2. The molecular formula is C17H19N3O4S. The number of pyridine rings is 1. The van der Waals surface area contributed by atoms with E-state index in [1.54, 1.807) is 43.6 Å². The number of nitrogens with one attached hydrogen (secondary N) is 1. The van der Waals surface area contributed by atoms with Crippen LogP contribution in [0.15, 0.2) is 47.6 Å². The van der Waals surface area contributed by atoms with Gasteiger partial charge in [0.25, 0.3) is 0 Å². The van der Waals surface area contributed by atoms with Crippen LogP contribution in [0.2, 0.25) is 0 Å². The number of benzene rings is 1. The first kappa shape index (κ1) is 17.4. The number of hydrogen-bond donors (Lipinski definition) is 1. The number of aromatic nitrogens is 1. The van der Waals surface area contributed by atoms with E-state index in [0.717, 1.165) is 0 Å². The van der Waals surface area contributed by atoms with Gasteiger partial charge in [-0.1, -0.05) is 0 Å². The van der Waals surface area contributed by atoms with Crippen LogP contribution in [0.1, 0.15) is 12.5 Å². The third kappa shape index (κ3) is 3.80. The molecule has 1 aliphatic rings. The summed E-state index contributed by atoms with van der Waals surface area (Å²) in [5, 5.41) is 2.64. The van der Waals surface area contributed by atoms with Gasteiger partial charge >= 0.3 is 0 Å². The van der Waals surface area contributed by atoms with Gasteiger partial charge in [0.05, 0.1) is 24.2 Å². The Morgan fingerprint density at radius 2 is 2.08 bits per heavy atom. The molecule has 1 fully saturated rings. The summed E-state index contributed by atoms with van der Waals surface area (Å²) in [6.07, 6.45) is 3.07. The molecule has 0 aliphatic carbocycles. The number of hydrogen-bond acceptors (Lipinski definition) is 5. The van der Waals surface area contributed by atoms with Crippen LogP contribution in [0.4, 0.5) is 5.69 Å². The summed E-state index contributed by atoms with van der Waals surface area (Å²) in [5.41, 5.74) is 1.16. The molecule has 1 saturated heterocycles. The highest BCUT2D eigenvalue weighted by molar-refractivity contribution is 7.89. The molecule has 0 saturated carbocycles. The number of ether oxygens (including phenoxy) is 1. The molecule has 8 heteroatoms. The molecule has 1 aliphatic heterocycles. The number of carbonyl (C=O) groups excluding carboxylic acids is 1. The number of aryl methyl sites for hydroxylation is 1. The summed E-state index contributed by atoms with van der Waals surface area (Å²) < 4.78 is 32.5. The second-order valence-corrected chi connectivity index (χ2v) is 7.82. The molecule has 0 spiro atoms. The van der Waals surface area contributed by atoms with Crippen molar-refractivity contribution in [1.29, 1.82) is 0 Å². The smallest absolute Gasteiger partial charge is 0.243 e. The van der Waals surface area contributed by atoms with Crippen molar-refractivity contribution in [3.63, 3.8) is 0 Å². The molecule has 132 valence electrons. The van der Waals surface area contributed by atoms with Crippen molar-refractivity contribution in [2.45, 2.75) is 24.8 Å². The van der Waals surface area contributed by atoms with E-state index in [-0.39, 0.29) is 16.9 Å². The number of sulfonamides is 1. The second kappa shape index (κ2) is 6.81. The van der Waals surface area contributed by atoms with Crippen molar-refractivity contribution >= 4 is 21.6 Å².